The van der Waals surface area contributed by atoms with Gasteiger partial charge in [-0.15, -0.1) is 0 Å². The van der Waals surface area contributed by atoms with E-state index in [-0.39, 0.29) is 88.6 Å². The maximum atomic E-state index is 12.6. The minimum Gasteiger partial charge on any atom is -0.870 e. The number of nitrogens with zero attached hydrogens (tertiary/aromatic N) is 6. The van der Waals surface area contributed by atoms with Crippen LogP contribution in [0.1, 0.15) is 52.6 Å². The molecule has 8 rings (SSSR count). The number of fused-ring (bicyclic) bond motifs is 6. The second kappa shape index (κ2) is 29.0. The Hall–Kier alpha value is -8.46. The van der Waals surface area contributed by atoms with Crippen LogP contribution in [0.25, 0.3) is 43.1 Å². The van der Waals surface area contributed by atoms with Crippen LogP contribution in [0.15, 0.2) is 156 Å². The number of rotatable bonds is 18. The molecule has 2 aliphatic carbocycles. The minimum absolute atomic E-state index is 0. The Morgan fingerprint density at radius 1 is 0.575 bits per heavy atom. The Kier molecular flexibility index (Phi) is 23.4. The Labute approximate surface area is 432 Å². The van der Waals surface area contributed by atoms with Gasteiger partial charge in [0.25, 0.3) is 0 Å². The normalized spacial score (nSPS) is 11.8. The van der Waals surface area contributed by atoms with Crippen molar-refractivity contribution in [1.82, 2.24) is 10.6 Å². The monoisotopic (exact) mass is 988 g/mol. The number of amides is 2. The summed E-state index contributed by atoms with van der Waals surface area (Å²) < 4.78 is 26.4. The molecule has 20 nitrogen and oxygen atoms in total. The molecule has 21 heteroatoms. The fourth-order valence-electron chi connectivity index (χ4n) is 8.27. The Bertz CT molecular complexity index is 2810. The van der Waals surface area contributed by atoms with Gasteiger partial charge in [-0.2, -0.15) is 0 Å². The average Bonchev–Trinajstić information content (AvgIpc) is 3.87. The van der Waals surface area contributed by atoms with Gasteiger partial charge in [-0.3, -0.25) is 0 Å². The van der Waals surface area contributed by atoms with Gasteiger partial charge in [0.05, 0.1) is 7.11 Å². The zero-order valence-corrected chi connectivity index (χ0v) is 39.2. The predicted octanol–water partition coefficient (Wildman–Crippen LogP) is 6.46. The van der Waals surface area contributed by atoms with E-state index in [1.54, 1.807) is 48.5 Å². The van der Waals surface area contributed by atoms with Crippen molar-refractivity contribution in [3.63, 3.8) is 0 Å². The van der Waals surface area contributed by atoms with E-state index in [0.29, 0.717) is 17.1 Å². The zero-order valence-electron chi connectivity index (χ0n) is 39.2. The Morgan fingerprint density at radius 2 is 0.904 bits per heavy atom. The molecule has 0 spiro atoms. The summed E-state index contributed by atoms with van der Waals surface area (Å²) in [6.07, 6.45) is -1.22. The quantitative estimate of drug-likeness (QED) is 0.0209. The largest absolute Gasteiger partial charge is 1.00 e. The molecule has 2 unspecified atom stereocenters. The number of esters is 1. The second-order valence-corrected chi connectivity index (χ2v) is 15.6. The smallest absolute Gasteiger partial charge is 0.870 e. The molecule has 73 heavy (non-hydrogen) atoms. The molecule has 6 aromatic rings. The summed E-state index contributed by atoms with van der Waals surface area (Å²) in [7, 11) is 1.27. The molecule has 0 saturated heterocycles. The fourth-order valence-corrected chi connectivity index (χ4v) is 8.27. The van der Waals surface area contributed by atoms with Crippen LogP contribution in [0.3, 0.4) is 0 Å². The van der Waals surface area contributed by atoms with Gasteiger partial charge in [-0.1, -0.05) is 139 Å². The molecule has 2 aliphatic rings. The van der Waals surface area contributed by atoms with E-state index >= 15 is 0 Å². The molecular weight excluding hydrogens is 936 g/mol. The fraction of sp³-hybridized carbons (Fsp3) is 0.231. The van der Waals surface area contributed by atoms with Gasteiger partial charge in [-0.05, 0) is 91.0 Å². The van der Waals surface area contributed by atoms with Crippen LogP contribution >= 0.6 is 0 Å². The first-order valence-corrected chi connectivity index (χ1v) is 21.7. The summed E-state index contributed by atoms with van der Waals surface area (Å²) in [5.74, 6) is -0.950. The maximum Gasteiger partial charge on any atom is 1.00 e. The van der Waals surface area contributed by atoms with E-state index in [1.807, 2.05) is 84.9 Å². The SMILES string of the molecule is C.COC(=O)C(Cc1ccc(OCN=[N+]=[N-])cc1)NC(=O)OCC1c2ccccc2-c2ccccc21.O.[Li+].[N-]=[N+]=NCOc1ccc(CC(NC(=O)OCC2c3ccccc3-c3ccccc32)C(=O)O)cc1.[OH-]. The van der Waals surface area contributed by atoms with Crippen molar-refractivity contribution in [2.45, 2.75) is 44.2 Å². The molecule has 0 fully saturated rings. The maximum absolute atomic E-state index is 12.6. The number of carbonyl (C=O) groups excluding carboxylic acids is 3. The van der Waals surface area contributed by atoms with Gasteiger partial charge in [0, 0.05) is 34.5 Å². The van der Waals surface area contributed by atoms with Crippen LogP contribution in [0.2, 0.25) is 0 Å². The number of ether oxygens (including phenoxy) is 5. The number of benzene rings is 6. The van der Waals surface area contributed by atoms with E-state index in [2.05, 4.69) is 42.8 Å². The van der Waals surface area contributed by atoms with Crippen molar-refractivity contribution >= 4 is 24.1 Å². The van der Waals surface area contributed by atoms with E-state index < -0.39 is 36.2 Å². The molecular formula is C52H53LiN8O12. The van der Waals surface area contributed by atoms with Crippen LogP contribution < -0.4 is 39.0 Å². The van der Waals surface area contributed by atoms with Gasteiger partial charge >= 0.3 is 43.0 Å². The number of carbonyl (C=O) groups is 4. The van der Waals surface area contributed by atoms with Crippen molar-refractivity contribution in [2.24, 2.45) is 10.2 Å². The number of nitrogens with one attached hydrogen (secondary N) is 2. The van der Waals surface area contributed by atoms with E-state index in [4.69, 9.17) is 34.7 Å². The molecule has 6 N–H and O–H groups in total. The van der Waals surface area contributed by atoms with Gasteiger partial charge in [0.2, 0.25) is 0 Å². The van der Waals surface area contributed by atoms with Gasteiger partial charge in [0.1, 0.15) is 36.8 Å². The van der Waals surface area contributed by atoms with Crippen LogP contribution in [0, 0.1) is 0 Å². The van der Waals surface area contributed by atoms with Crippen molar-refractivity contribution in [2.75, 3.05) is 33.8 Å². The molecule has 374 valence electrons. The number of hydrogen-bond donors (Lipinski definition) is 3. The molecule has 2 amide bonds. The Morgan fingerprint density at radius 3 is 1.23 bits per heavy atom. The van der Waals surface area contributed by atoms with E-state index in [0.717, 1.165) is 50.1 Å². The first-order valence-electron chi connectivity index (χ1n) is 21.7. The first kappa shape index (κ1) is 58.8. The molecule has 0 radical (unpaired) electrons. The zero-order chi connectivity index (χ0) is 48.5. The van der Waals surface area contributed by atoms with Crippen molar-refractivity contribution in [3.8, 4) is 33.8 Å². The molecule has 0 bridgehead atoms. The van der Waals surface area contributed by atoms with Gasteiger partial charge in [0.15, 0.2) is 13.5 Å². The first-order chi connectivity index (χ1) is 33.7. The van der Waals surface area contributed by atoms with Crippen LogP contribution in [0.4, 0.5) is 9.59 Å². The molecule has 2 atom stereocenters. The number of aliphatic carboxylic acids is 1. The summed E-state index contributed by atoms with van der Waals surface area (Å²) in [6.45, 7) is -0.0186. The third kappa shape index (κ3) is 15.3. The molecule has 0 heterocycles. The number of hydrogen-bond acceptors (Lipinski definition) is 12. The average molecular weight is 989 g/mol. The van der Waals surface area contributed by atoms with Crippen LogP contribution in [0.5, 0.6) is 11.5 Å². The van der Waals surface area contributed by atoms with Crippen molar-refractivity contribution in [3.05, 3.63) is 200 Å². The topological polar surface area (TPSA) is 318 Å². The summed E-state index contributed by atoms with van der Waals surface area (Å²) in [5, 5.41) is 21.2. The standard InChI is InChI=1S/C26H24N4O5.C25H22N4O5.CH4.Li.2H2O/c1-33-25(31)24(14-17-10-12-18(13-11-17)35-16-28-30-27)29-26(32)34-15-23-21-8-4-2-6-19(21)20-7-3-5-9-22(20)23;26-29-27-15-34-17-11-9-16(10-12-17)13-23(24(30)31)28-25(32)33-14-22-20-7-3-1-5-18(20)19-6-2-4-8-21(19)22;;;;/h2-13,23-24H,14-16H2,1H3,(H,29,32);1-12,22-23H,13-15H2,(H,28,32)(H,30,31);1H4;;2*1H2/q;;;+1;;/p-1. The summed E-state index contributed by atoms with van der Waals surface area (Å²) in [6, 6.07) is 43.5. The molecule has 0 saturated carbocycles. The van der Waals surface area contributed by atoms with Gasteiger partial charge in [-0.25, -0.2) is 19.2 Å². The third-order valence-electron chi connectivity index (χ3n) is 11.5. The van der Waals surface area contributed by atoms with E-state index in [1.165, 1.54) is 7.11 Å². The molecule has 0 aliphatic heterocycles. The number of methoxy groups -OCH3 is 1. The van der Waals surface area contributed by atoms with Crippen molar-refractivity contribution in [1.29, 1.82) is 0 Å². The predicted molar refractivity (Wildman–Crippen MR) is 265 cm³/mol. The van der Waals surface area contributed by atoms with Crippen molar-refractivity contribution < 1.29 is 77.8 Å². The third-order valence-corrected chi connectivity index (χ3v) is 11.5. The Balaban J connectivity index is 0.000000365. The molecule has 6 aromatic carbocycles. The molecule has 0 aromatic heterocycles. The number of azide groups is 2. The summed E-state index contributed by atoms with van der Waals surface area (Å²) >= 11 is 0. The minimum atomic E-state index is -1.17. The summed E-state index contributed by atoms with van der Waals surface area (Å²) in [4.78, 5) is 54.4. The number of alkyl carbamates (subject to hydrolysis) is 2. The van der Waals surface area contributed by atoms with Crippen LogP contribution in [-0.2, 0) is 36.6 Å². The number of carboxylic acid groups (broad SMARTS) is 1. The number of carboxylic acids is 1. The second-order valence-electron chi connectivity index (χ2n) is 15.6. The van der Waals surface area contributed by atoms with Crippen LogP contribution in [-0.4, -0.2) is 86.1 Å². The summed E-state index contributed by atoms with van der Waals surface area (Å²) in [5.41, 5.74) is 26.9. The van der Waals surface area contributed by atoms with E-state index in [9.17, 15) is 24.3 Å². The van der Waals surface area contributed by atoms with Gasteiger partial charge < -0.3 is 50.4 Å².